The molecule has 19 heavy (non-hydrogen) atoms. The Bertz CT molecular complexity index is 402. The van der Waals surface area contributed by atoms with E-state index in [1.807, 2.05) is 6.92 Å². The molecule has 1 aromatic carbocycles. The molecule has 0 aliphatic carbocycles. The lowest BCUT2D eigenvalue weighted by atomic mass is 10.0. The zero-order valence-corrected chi connectivity index (χ0v) is 11.7. The van der Waals surface area contributed by atoms with Crippen molar-refractivity contribution in [2.24, 2.45) is 5.92 Å². The molecule has 1 aliphatic rings. The van der Waals surface area contributed by atoms with Crippen LogP contribution >= 0.6 is 0 Å². The molecule has 102 valence electrons. The predicted molar refractivity (Wildman–Crippen MR) is 77.5 cm³/mol. The van der Waals surface area contributed by atoms with Gasteiger partial charge in [0.25, 0.3) is 0 Å². The average molecular weight is 257 g/mol. The van der Waals surface area contributed by atoms with Gasteiger partial charge in [0.15, 0.2) is 0 Å². The maximum absolute atomic E-state index is 8.77. The number of likely N-dealkylation sites (tertiary alicyclic amines) is 1. The summed E-state index contributed by atoms with van der Waals surface area (Å²) in [5.41, 5.74) is 1.40. The molecule has 1 saturated heterocycles. The van der Waals surface area contributed by atoms with E-state index in [1.54, 1.807) is 0 Å². The minimum absolute atomic E-state index is 0.113. The number of rotatable bonds is 5. The molecule has 0 unspecified atom stereocenters. The summed E-state index contributed by atoms with van der Waals surface area (Å²) in [6.45, 7) is 6.14. The fourth-order valence-corrected chi connectivity index (χ4v) is 2.53. The Kier molecular flexibility index (Phi) is 5.38. The predicted octanol–water partition coefficient (Wildman–Crippen LogP) is 2.40. The average Bonchev–Trinajstić information content (AvgIpc) is 2.47. The van der Waals surface area contributed by atoms with Crippen molar-refractivity contribution in [1.29, 1.82) is 5.26 Å². The first-order chi connectivity index (χ1) is 9.28. The minimum atomic E-state index is 0.113. The molecular weight excluding hydrogens is 234 g/mol. The number of hydrogen-bond donors (Lipinski definition) is 1. The van der Waals surface area contributed by atoms with Crippen LogP contribution < -0.4 is 5.32 Å². The van der Waals surface area contributed by atoms with Gasteiger partial charge < -0.3 is 5.32 Å². The second kappa shape index (κ2) is 7.28. The van der Waals surface area contributed by atoms with Crippen LogP contribution in [-0.2, 0) is 6.54 Å². The van der Waals surface area contributed by atoms with Crippen molar-refractivity contribution in [2.45, 2.75) is 32.4 Å². The van der Waals surface area contributed by atoms with Crippen molar-refractivity contribution in [1.82, 2.24) is 10.2 Å². The Hall–Kier alpha value is -1.37. The third-order valence-corrected chi connectivity index (χ3v) is 3.77. The van der Waals surface area contributed by atoms with Gasteiger partial charge in [-0.25, -0.2) is 0 Å². The highest BCUT2D eigenvalue weighted by Gasteiger charge is 2.19. The molecule has 0 amide bonds. The van der Waals surface area contributed by atoms with Crippen molar-refractivity contribution in [3.8, 4) is 6.07 Å². The van der Waals surface area contributed by atoms with Crippen LogP contribution in [0.2, 0.25) is 0 Å². The first kappa shape index (κ1) is 14.0. The Morgan fingerprint density at radius 2 is 2.00 bits per heavy atom. The lowest BCUT2D eigenvalue weighted by Crippen LogP contribution is -2.43. The topological polar surface area (TPSA) is 39.1 Å². The molecule has 1 atom stereocenters. The van der Waals surface area contributed by atoms with Crippen molar-refractivity contribution >= 4 is 0 Å². The SMILES string of the molecule is C[C@@H](C#N)CNC1CCN(Cc2ccccc2)CC1. The Labute approximate surface area is 116 Å². The van der Waals surface area contributed by atoms with E-state index >= 15 is 0 Å². The van der Waals surface area contributed by atoms with Crippen molar-refractivity contribution < 1.29 is 0 Å². The molecule has 1 fully saturated rings. The number of nitrogens with zero attached hydrogens (tertiary/aromatic N) is 2. The van der Waals surface area contributed by atoms with Crippen molar-refractivity contribution in [3.05, 3.63) is 35.9 Å². The van der Waals surface area contributed by atoms with E-state index in [-0.39, 0.29) is 5.92 Å². The van der Waals surface area contributed by atoms with Gasteiger partial charge in [0.1, 0.15) is 0 Å². The van der Waals surface area contributed by atoms with Gasteiger partial charge in [0.2, 0.25) is 0 Å². The van der Waals surface area contributed by atoms with Crippen LogP contribution in [0.15, 0.2) is 30.3 Å². The molecule has 0 saturated carbocycles. The van der Waals surface area contributed by atoms with Gasteiger partial charge in [-0.1, -0.05) is 30.3 Å². The molecule has 3 heteroatoms. The minimum Gasteiger partial charge on any atom is -0.313 e. The van der Waals surface area contributed by atoms with Crippen molar-refractivity contribution in [3.63, 3.8) is 0 Å². The van der Waals surface area contributed by atoms with Crippen LogP contribution in [0.3, 0.4) is 0 Å². The van der Waals surface area contributed by atoms with Crippen LogP contribution in [0.5, 0.6) is 0 Å². The van der Waals surface area contributed by atoms with Gasteiger partial charge in [-0.2, -0.15) is 5.26 Å². The lowest BCUT2D eigenvalue weighted by Gasteiger charge is -2.32. The summed E-state index contributed by atoms with van der Waals surface area (Å²) in [5, 5.41) is 12.3. The van der Waals surface area contributed by atoms with Gasteiger partial charge in [-0.3, -0.25) is 4.90 Å². The second-order valence-corrected chi connectivity index (χ2v) is 5.47. The third-order valence-electron chi connectivity index (χ3n) is 3.77. The summed E-state index contributed by atoms with van der Waals surface area (Å²) in [6.07, 6.45) is 2.37. The summed E-state index contributed by atoms with van der Waals surface area (Å²) in [4.78, 5) is 2.52. The van der Waals surface area contributed by atoms with E-state index in [9.17, 15) is 0 Å². The molecule has 1 N–H and O–H groups in total. The quantitative estimate of drug-likeness (QED) is 0.880. The maximum Gasteiger partial charge on any atom is 0.0666 e. The lowest BCUT2D eigenvalue weighted by molar-refractivity contribution is 0.189. The Balaban J connectivity index is 1.69. The molecule has 2 rings (SSSR count). The van der Waals surface area contributed by atoms with E-state index in [4.69, 9.17) is 5.26 Å². The highest BCUT2D eigenvalue weighted by molar-refractivity contribution is 5.14. The number of benzene rings is 1. The van der Waals surface area contributed by atoms with E-state index in [0.717, 1.165) is 26.2 Å². The van der Waals surface area contributed by atoms with Gasteiger partial charge in [0, 0.05) is 19.1 Å². The molecule has 1 aromatic rings. The number of nitrogens with one attached hydrogen (secondary N) is 1. The summed E-state index contributed by atoms with van der Waals surface area (Å²) in [7, 11) is 0. The number of piperidine rings is 1. The largest absolute Gasteiger partial charge is 0.313 e. The van der Waals surface area contributed by atoms with E-state index in [2.05, 4.69) is 46.6 Å². The molecular formula is C16H23N3. The summed E-state index contributed by atoms with van der Waals surface area (Å²) >= 11 is 0. The molecule has 0 spiro atoms. The molecule has 3 nitrogen and oxygen atoms in total. The molecule has 0 radical (unpaired) electrons. The molecule has 1 aliphatic heterocycles. The number of nitriles is 1. The first-order valence-electron chi connectivity index (χ1n) is 7.17. The van der Waals surface area contributed by atoms with Crippen molar-refractivity contribution in [2.75, 3.05) is 19.6 Å². The fourth-order valence-electron chi connectivity index (χ4n) is 2.53. The zero-order valence-electron chi connectivity index (χ0n) is 11.7. The van der Waals surface area contributed by atoms with Gasteiger partial charge in [-0.05, 0) is 38.4 Å². The Morgan fingerprint density at radius 3 is 2.63 bits per heavy atom. The van der Waals surface area contributed by atoms with E-state index in [0.29, 0.717) is 6.04 Å². The molecule has 1 heterocycles. The second-order valence-electron chi connectivity index (χ2n) is 5.47. The highest BCUT2D eigenvalue weighted by Crippen LogP contribution is 2.14. The standard InChI is InChI=1S/C16H23N3/c1-14(11-17)12-18-16-7-9-19(10-8-16)13-15-5-3-2-4-6-15/h2-6,14,16,18H,7-10,12-13H2,1H3/t14-/m0/s1. The van der Waals surface area contributed by atoms with Gasteiger partial charge in [0.05, 0.1) is 12.0 Å². The summed E-state index contributed by atoms with van der Waals surface area (Å²) in [5.74, 6) is 0.113. The maximum atomic E-state index is 8.77. The van der Waals surface area contributed by atoms with Gasteiger partial charge in [-0.15, -0.1) is 0 Å². The number of hydrogen-bond acceptors (Lipinski definition) is 3. The highest BCUT2D eigenvalue weighted by atomic mass is 15.1. The van der Waals surface area contributed by atoms with Gasteiger partial charge >= 0.3 is 0 Å². The van der Waals surface area contributed by atoms with Crippen LogP contribution in [0.25, 0.3) is 0 Å². The fraction of sp³-hybridized carbons (Fsp3) is 0.562. The van der Waals surface area contributed by atoms with Crippen LogP contribution in [-0.4, -0.2) is 30.6 Å². The molecule has 0 bridgehead atoms. The smallest absolute Gasteiger partial charge is 0.0666 e. The monoisotopic (exact) mass is 257 g/mol. The summed E-state index contributed by atoms with van der Waals surface area (Å²) in [6, 6.07) is 13.5. The van der Waals surface area contributed by atoms with Crippen LogP contribution in [0.1, 0.15) is 25.3 Å². The zero-order chi connectivity index (χ0) is 13.5. The first-order valence-corrected chi connectivity index (χ1v) is 7.17. The summed E-state index contributed by atoms with van der Waals surface area (Å²) < 4.78 is 0. The third kappa shape index (κ3) is 4.66. The normalized spacial score (nSPS) is 18.9. The Morgan fingerprint density at radius 1 is 1.32 bits per heavy atom. The molecule has 0 aromatic heterocycles. The van der Waals surface area contributed by atoms with E-state index in [1.165, 1.54) is 18.4 Å². The van der Waals surface area contributed by atoms with E-state index < -0.39 is 0 Å². The van der Waals surface area contributed by atoms with Crippen LogP contribution in [0.4, 0.5) is 0 Å². The van der Waals surface area contributed by atoms with Crippen LogP contribution in [0, 0.1) is 17.2 Å².